The number of carbonyl (C=O) groups excluding carboxylic acids is 1. The molecule has 0 aliphatic carbocycles. The Morgan fingerprint density at radius 2 is 1.91 bits per heavy atom. The van der Waals surface area contributed by atoms with Crippen LogP contribution < -0.4 is 19.8 Å². The number of carbonyl (C=O) groups is 1. The first-order chi connectivity index (χ1) is 16.4. The molecular weight excluding hydrogens is 452 g/mol. The lowest BCUT2D eigenvalue weighted by Crippen LogP contribution is -2.29. The number of methoxy groups -OCH3 is 1. The van der Waals surface area contributed by atoms with Crippen LogP contribution in [-0.2, 0) is 0 Å². The van der Waals surface area contributed by atoms with Crippen molar-refractivity contribution in [2.75, 3.05) is 18.6 Å². The number of aromatic nitrogens is 1. The third-order valence-corrected chi connectivity index (χ3v) is 7.04. The van der Waals surface area contributed by atoms with Crippen LogP contribution in [0.3, 0.4) is 0 Å². The van der Waals surface area contributed by atoms with E-state index >= 15 is 0 Å². The summed E-state index contributed by atoms with van der Waals surface area (Å²) in [5.74, 6) is 0.797. The summed E-state index contributed by atoms with van der Waals surface area (Å²) in [5, 5.41) is 0.951. The van der Waals surface area contributed by atoms with Gasteiger partial charge in [0.2, 0.25) is 5.76 Å². The number of anilines is 1. The van der Waals surface area contributed by atoms with Crippen molar-refractivity contribution in [2.24, 2.45) is 0 Å². The van der Waals surface area contributed by atoms with E-state index in [-0.39, 0.29) is 17.1 Å². The van der Waals surface area contributed by atoms with Gasteiger partial charge < -0.3 is 13.9 Å². The van der Waals surface area contributed by atoms with Crippen LogP contribution in [0.25, 0.3) is 11.0 Å². The molecule has 0 saturated carbocycles. The van der Waals surface area contributed by atoms with Crippen molar-refractivity contribution in [2.45, 2.75) is 33.2 Å². The molecule has 2 aromatic heterocycles. The van der Waals surface area contributed by atoms with Crippen LogP contribution in [-0.4, -0.2) is 24.6 Å². The van der Waals surface area contributed by atoms with Crippen molar-refractivity contribution in [3.8, 4) is 11.5 Å². The van der Waals surface area contributed by atoms with Crippen molar-refractivity contribution in [1.82, 2.24) is 4.98 Å². The first-order valence-corrected chi connectivity index (χ1v) is 11.9. The van der Waals surface area contributed by atoms with Crippen LogP contribution in [0.2, 0.25) is 0 Å². The molecule has 174 valence electrons. The van der Waals surface area contributed by atoms with Gasteiger partial charge in [0.1, 0.15) is 5.58 Å². The second-order valence-corrected chi connectivity index (χ2v) is 9.33. The van der Waals surface area contributed by atoms with E-state index in [1.165, 1.54) is 11.3 Å². The van der Waals surface area contributed by atoms with E-state index in [4.69, 9.17) is 13.9 Å². The smallest absolute Gasteiger partial charge is 0.297 e. The largest absolute Gasteiger partial charge is 0.493 e. The van der Waals surface area contributed by atoms with Crippen molar-refractivity contribution in [3.63, 3.8) is 0 Å². The van der Waals surface area contributed by atoms with E-state index in [2.05, 4.69) is 4.98 Å². The molecule has 8 heteroatoms. The minimum absolute atomic E-state index is 0.0458. The highest BCUT2D eigenvalue weighted by molar-refractivity contribution is 7.15. The van der Waals surface area contributed by atoms with Gasteiger partial charge in [0.25, 0.3) is 5.91 Å². The molecule has 1 aliphatic rings. The van der Waals surface area contributed by atoms with E-state index in [1.807, 2.05) is 39.0 Å². The molecule has 0 N–H and O–H groups in total. The molecule has 0 saturated heterocycles. The minimum Gasteiger partial charge on any atom is -0.493 e. The monoisotopic (exact) mass is 476 g/mol. The molecule has 3 heterocycles. The van der Waals surface area contributed by atoms with Crippen LogP contribution >= 0.6 is 11.3 Å². The molecule has 1 aliphatic heterocycles. The molecule has 1 amide bonds. The number of aryl methyl sites for hydroxylation is 2. The lowest BCUT2D eigenvalue weighted by molar-refractivity contribution is 0.0971. The van der Waals surface area contributed by atoms with Gasteiger partial charge in [-0.1, -0.05) is 25.1 Å². The third-order valence-electron chi connectivity index (χ3n) is 5.97. The van der Waals surface area contributed by atoms with Crippen molar-refractivity contribution < 1.29 is 18.7 Å². The lowest BCUT2D eigenvalue weighted by Gasteiger charge is -2.23. The number of hydrogen-bond acceptors (Lipinski definition) is 7. The van der Waals surface area contributed by atoms with Crippen molar-refractivity contribution >= 4 is 33.3 Å². The van der Waals surface area contributed by atoms with Gasteiger partial charge in [0.05, 0.1) is 36.4 Å². The van der Waals surface area contributed by atoms with Crippen LogP contribution in [0.4, 0.5) is 5.13 Å². The fraction of sp³-hybridized carbons (Fsp3) is 0.269. The zero-order chi connectivity index (χ0) is 24.0. The fourth-order valence-electron chi connectivity index (χ4n) is 4.18. The first-order valence-electron chi connectivity index (χ1n) is 11.1. The third kappa shape index (κ3) is 3.45. The Hall–Kier alpha value is -3.65. The van der Waals surface area contributed by atoms with Gasteiger partial charge in [0, 0.05) is 4.88 Å². The second-order valence-electron chi connectivity index (χ2n) is 8.14. The molecule has 0 fully saturated rings. The molecule has 0 bridgehead atoms. The topological polar surface area (TPSA) is 81.9 Å². The lowest BCUT2D eigenvalue weighted by atomic mass is 9.98. The summed E-state index contributed by atoms with van der Waals surface area (Å²) in [5.41, 5.74) is 2.01. The fourth-order valence-corrected chi connectivity index (χ4v) is 5.11. The van der Waals surface area contributed by atoms with Crippen LogP contribution in [0.1, 0.15) is 51.6 Å². The van der Waals surface area contributed by atoms with E-state index in [0.29, 0.717) is 45.3 Å². The summed E-state index contributed by atoms with van der Waals surface area (Å²) in [6, 6.07) is 11.7. The molecule has 5 rings (SSSR count). The van der Waals surface area contributed by atoms with Crippen LogP contribution in [0, 0.1) is 13.8 Å². The SMILES string of the molecule is CCCOc1ccc(C2c3c(oc4ccccc4c3=O)C(=O)N2c2nc(C)c(C)s2)cc1OC. The molecule has 2 aromatic carbocycles. The Kier molecular flexibility index (Phi) is 5.61. The van der Waals surface area contributed by atoms with E-state index in [0.717, 1.165) is 17.0 Å². The molecule has 0 radical (unpaired) electrons. The van der Waals surface area contributed by atoms with E-state index in [9.17, 15) is 9.59 Å². The van der Waals surface area contributed by atoms with E-state index < -0.39 is 6.04 Å². The van der Waals surface area contributed by atoms with Crippen molar-refractivity contribution in [3.05, 3.63) is 80.1 Å². The highest BCUT2D eigenvalue weighted by atomic mass is 32.1. The number of rotatable bonds is 6. The standard InChI is InChI=1S/C26H24N2O5S/c1-5-12-32-19-11-10-16(13-20(19)31-4)22-21-23(29)17-8-6-7-9-18(17)33-24(21)25(30)28(22)26-27-14(2)15(3)34-26/h6-11,13,22H,5,12H2,1-4H3. The number of benzene rings is 2. The maximum atomic E-state index is 13.7. The zero-order valence-corrected chi connectivity index (χ0v) is 20.2. The van der Waals surface area contributed by atoms with Gasteiger partial charge in [-0.25, -0.2) is 4.98 Å². The highest BCUT2D eigenvalue weighted by Crippen LogP contribution is 2.44. The van der Waals surface area contributed by atoms with Gasteiger partial charge in [-0.05, 0) is 50.1 Å². The van der Waals surface area contributed by atoms with Gasteiger partial charge in [-0.2, -0.15) is 0 Å². The second kappa shape index (κ2) is 8.61. The number of amides is 1. The van der Waals surface area contributed by atoms with Gasteiger partial charge in [-0.3, -0.25) is 14.5 Å². The maximum Gasteiger partial charge on any atom is 0.297 e. The summed E-state index contributed by atoms with van der Waals surface area (Å²) in [7, 11) is 1.57. The Morgan fingerprint density at radius 3 is 2.62 bits per heavy atom. The van der Waals surface area contributed by atoms with Crippen LogP contribution in [0.5, 0.6) is 11.5 Å². The number of ether oxygens (including phenoxy) is 2. The molecule has 4 aromatic rings. The highest BCUT2D eigenvalue weighted by Gasteiger charge is 2.45. The van der Waals surface area contributed by atoms with E-state index in [1.54, 1.807) is 36.3 Å². The maximum absolute atomic E-state index is 13.7. The quantitative estimate of drug-likeness (QED) is 0.370. The van der Waals surface area contributed by atoms with Gasteiger partial charge >= 0.3 is 0 Å². The predicted molar refractivity (Wildman–Crippen MR) is 132 cm³/mol. The summed E-state index contributed by atoms with van der Waals surface area (Å²) >= 11 is 1.41. The summed E-state index contributed by atoms with van der Waals surface area (Å²) in [6.45, 7) is 6.44. The Balaban J connectivity index is 1.75. The van der Waals surface area contributed by atoms with Crippen molar-refractivity contribution in [1.29, 1.82) is 0 Å². The summed E-state index contributed by atoms with van der Waals surface area (Å²) in [6.07, 6.45) is 0.861. The zero-order valence-electron chi connectivity index (χ0n) is 19.4. The Labute approximate surface area is 200 Å². The molecule has 34 heavy (non-hydrogen) atoms. The number of thiazole rings is 1. The van der Waals surface area contributed by atoms with Gasteiger partial charge in [-0.15, -0.1) is 11.3 Å². The van der Waals surface area contributed by atoms with Gasteiger partial charge in [0.15, 0.2) is 22.1 Å². The summed E-state index contributed by atoms with van der Waals surface area (Å²) < 4.78 is 17.4. The molecule has 7 nitrogen and oxygen atoms in total. The first kappa shape index (κ1) is 22.2. The molecule has 1 atom stereocenters. The minimum atomic E-state index is -0.706. The molecule has 1 unspecified atom stereocenters. The number of nitrogens with zero attached hydrogens (tertiary/aromatic N) is 2. The Morgan fingerprint density at radius 1 is 1.12 bits per heavy atom. The molecular formula is C26H24N2O5S. The number of para-hydroxylation sites is 1. The molecule has 0 spiro atoms. The normalized spacial score (nSPS) is 15.1. The Bertz CT molecular complexity index is 1450. The summed E-state index contributed by atoms with van der Waals surface area (Å²) in [4.78, 5) is 34.5. The average molecular weight is 477 g/mol. The number of fused-ring (bicyclic) bond motifs is 2. The van der Waals surface area contributed by atoms with Crippen LogP contribution in [0.15, 0.2) is 51.7 Å². The average Bonchev–Trinajstić information content (AvgIpc) is 3.33. The number of hydrogen-bond donors (Lipinski definition) is 0. The predicted octanol–water partition coefficient (Wildman–Crippen LogP) is 5.41.